The number of rotatable bonds is 6. The lowest BCUT2D eigenvalue weighted by Gasteiger charge is -2.06. The Hall–Kier alpha value is -1.28. The summed E-state index contributed by atoms with van der Waals surface area (Å²) in [5, 5.41) is 0. The summed E-state index contributed by atoms with van der Waals surface area (Å²) in [6.07, 6.45) is 4.04. The van der Waals surface area contributed by atoms with Gasteiger partial charge in [-0.2, -0.15) is 0 Å². The van der Waals surface area contributed by atoms with Crippen LogP contribution in [0, 0.1) is 6.92 Å². The molecule has 0 aromatic carbocycles. The van der Waals surface area contributed by atoms with Gasteiger partial charge in [-0.05, 0) is 31.0 Å². The maximum atomic E-state index is 12.2. The van der Waals surface area contributed by atoms with Gasteiger partial charge in [0.15, 0.2) is 0 Å². The summed E-state index contributed by atoms with van der Waals surface area (Å²) >= 11 is 1.42. The number of hydrogen-bond donors (Lipinski definition) is 2. The molecule has 2 aromatic rings. The van der Waals surface area contributed by atoms with E-state index in [2.05, 4.69) is 9.71 Å². The SMILES string of the molecule is Cc1sc(CN)cc1S(=O)(=O)NCCc1cccnc1. The molecular weight excluding hydrogens is 294 g/mol. The van der Waals surface area contributed by atoms with E-state index in [4.69, 9.17) is 5.73 Å². The minimum atomic E-state index is -3.47. The summed E-state index contributed by atoms with van der Waals surface area (Å²) in [5.74, 6) is 0. The first-order chi connectivity index (χ1) is 9.53. The number of nitrogens with one attached hydrogen (secondary N) is 1. The summed E-state index contributed by atoms with van der Waals surface area (Å²) in [4.78, 5) is 5.96. The third-order valence-electron chi connectivity index (χ3n) is 2.84. The normalized spacial score (nSPS) is 11.7. The zero-order valence-electron chi connectivity index (χ0n) is 11.2. The topological polar surface area (TPSA) is 85.1 Å². The standard InChI is InChI=1S/C13H17N3O2S2/c1-10-13(7-12(8-14)19-10)20(17,18)16-6-4-11-3-2-5-15-9-11/h2-3,5,7,9,16H,4,6,8,14H2,1H3. The van der Waals surface area contributed by atoms with Crippen LogP contribution < -0.4 is 10.5 Å². The van der Waals surface area contributed by atoms with Crippen molar-refractivity contribution in [1.29, 1.82) is 0 Å². The van der Waals surface area contributed by atoms with Gasteiger partial charge in [-0.25, -0.2) is 13.1 Å². The first-order valence-corrected chi connectivity index (χ1v) is 8.51. The summed E-state index contributed by atoms with van der Waals surface area (Å²) in [7, 11) is -3.47. The highest BCUT2D eigenvalue weighted by atomic mass is 32.2. The first kappa shape index (κ1) is 15.1. The van der Waals surface area contributed by atoms with Crippen LogP contribution in [0.2, 0.25) is 0 Å². The number of aryl methyl sites for hydroxylation is 1. The molecule has 108 valence electrons. The van der Waals surface area contributed by atoms with Gasteiger partial charge in [0.05, 0.1) is 4.90 Å². The van der Waals surface area contributed by atoms with Gasteiger partial charge in [0, 0.05) is 35.2 Å². The number of nitrogens with two attached hydrogens (primary N) is 1. The minimum Gasteiger partial charge on any atom is -0.326 e. The highest BCUT2D eigenvalue weighted by Gasteiger charge is 2.19. The molecule has 7 heteroatoms. The lowest BCUT2D eigenvalue weighted by atomic mass is 10.2. The molecule has 0 aliphatic rings. The van der Waals surface area contributed by atoms with Gasteiger partial charge in [0.25, 0.3) is 0 Å². The second-order valence-corrected chi connectivity index (χ2v) is 7.42. The molecule has 0 atom stereocenters. The van der Waals surface area contributed by atoms with Crippen molar-refractivity contribution in [3.05, 3.63) is 45.9 Å². The fraction of sp³-hybridized carbons (Fsp3) is 0.308. The number of sulfonamides is 1. The zero-order chi connectivity index (χ0) is 14.6. The predicted octanol–water partition coefficient (Wildman–Crippen LogP) is 1.43. The zero-order valence-corrected chi connectivity index (χ0v) is 12.8. The van der Waals surface area contributed by atoms with Crippen LogP contribution in [0.1, 0.15) is 15.3 Å². The Morgan fingerprint density at radius 1 is 1.45 bits per heavy atom. The Morgan fingerprint density at radius 3 is 2.85 bits per heavy atom. The largest absolute Gasteiger partial charge is 0.326 e. The summed E-state index contributed by atoms with van der Waals surface area (Å²) in [6, 6.07) is 5.40. The van der Waals surface area contributed by atoms with Crippen LogP contribution in [-0.4, -0.2) is 19.9 Å². The molecule has 0 aliphatic carbocycles. The van der Waals surface area contributed by atoms with Crippen molar-refractivity contribution in [2.45, 2.75) is 24.8 Å². The highest BCUT2D eigenvalue weighted by molar-refractivity contribution is 7.89. The average Bonchev–Trinajstić information content (AvgIpc) is 2.82. The molecular formula is C13H17N3O2S2. The summed E-state index contributed by atoms with van der Waals surface area (Å²) in [6.45, 7) is 2.50. The molecule has 0 aliphatic heterocycles. The molecule has 2 aromatic heterocycles. The second-order valence-electron chi connectivity index (χ2n) is 4.35. The van der Waals surface area contributed by atoms with Crippen LogP contribution in [0.5, 0.6) is 0 Å². The lowest BCUT2D eigenvalue weighted by Crippen LogP contribution is -2.26. The van der Waals surface area contributed by atoms with Crippen LogP contribution in [0.15, 0.2) is 35.5 Å². The van der Waals surface area contributed by atoms with Gasteiger partial charge in [-0.15, -0.1) is 11.3 Å². The van der Waals surface area contributed by atoms with Crippen molar-refractivity contribution in [3.63, 3.8) is 0 Å². The smallest absolute Gasteiger partial charge is 0.241 e. The van der Waals surface area contributed by atoms with Crippen LogP contribution in [-0.2, 0) is 23.0 Å². The highest BCUT2D eigenvalue weighted by Crippen LogP contribution is 2.25. The molecule has 0 unspecified atom stereocenters. The predicted molar refractivity (Wildman–Crippen MR) is 80.1 cm³/mol. The van der Waals surface area contributed by atoms with Crippen molar-refractivity contribution in [2.75, 3.05) is 6.54 Å². The van der Waals surface area contributed by atoms with Crippen LogP contribution in [0.25, 0.3) is 0 Å². The molecule has 0 saturated heterocycles. The Labute approximate surface area is 122 Å². The van der Waals surface area contributed by atoms with Crippen molar-refractivity contribution in [2.24, 2.45) is 5.73 Å². The molecule has 0 bridgehead atoms. The number of aromatic nitrogens is 1. The van der Waals surface area contributed by atoms with Crippen molar-refractivity contribution >= 4 is 21.4 Å². The third-order valence-corrected chi connectivity index (χ3v) is 5.63. The fourth-order valence-corrected chi connectivity index (χ4v) is 4.39. The molecule has 0 radical (unpaired) electrons. The molecule has 5 nitrogen and oxygen atoms in total. The van der Waals surface area contributed by atoms with Gasteiger partial charge in [-0.3, -0.25) is 4.98 Å². The number of hydrogen-bond acceptors (Lipinski definition) is 5. The molecule has 0 fully saturated rings. The first-order valence-electron chi connectivity index (χ1n) is 6.21. The Bertz CT molecular complexity index is 666. The van der Waals surface area contributed by atoms with Gasteiger partial charge in [-0.1, -0.05) is 6.07 Å². The number of pyridine rings is 1. The maximum absolute atomic E-state index is 12.2. The second kappa shape index (κ2) is 6.45. The Kier molecular flexibility index (Phi) is 4.87. The maximum Gasteiger partial charge on any atom is 0.241 e. The van der Waals surface area contributed by atoms with E-state index in [1.54, 1.807) is 25.4 Å². The van der Waals surface area contributed by atoms with Crippen LogP contribution >= 0.6 is 11.3 Å². The molecule has 0 saturated carbocycles. The molecule has 3 N–H and O–H groups in total. The minimum absolute atomic E-state index is 0.328. The van der Waals surface area contributed by atoms with E-state index in [1.165, 1.54) is 11.3 Å². The van der Waals surface area contributed by atoms with Gasteiger partial charge >= 0.3 is 0 Å². The third kappa shape index (κ3) is 3.63. The molecule has 0 amide bonds. The van der Waals surface area contributed by atoms with E-state index < -0.39 is 10.0 Å². The van der Waals surface area contributed by atoms with Crippen molar-refractivity contribution < 1.29 is 8.42 Å². The lowest BCUT2D eigenvalue weighted by molar-refractivity contribution is 0.581. The van der Waals surface area contributed by atoms with Gasteiger partial charge in [0.2, 0.25) is 10.0 Å². The van der Waals surface area contributed by atoms with Gasteiger partial charge in [0.1, 0.15) is 0 Å². The van der Waals surface area contributed by atoms with Gasteiger partial charge < -0.3 is 5.73 Å². The molecule has 2 heterocycles. The summed E-state index contributed by atoms with van der Waals surface area (Å²) < 4.78 is 27.0. The van der Waals surface area contributed by atoms with E-state index >= 15 is 0 Å². The molecule has 0 spiro atoms. The number of thiophene rings is 1. The quantitative estimate of drug-likeness (QED) is 0.845. The van der Waals surface area contributed by atoms with Crippen LogP contribution in [0.4, 0.5) is 0 Å². The monoisotopic (exact) mass is 311 g/mol. The molecule has 20 heavy (non-hydrogen) atoms. The van der Waals surface area contributed by atoms with E-state index in [0.29, 0.717) is 24.4 Å². The Balaban J connectivity index is 2.02. The van der Waals surface area contributed by atoms with E-state index in [1.807, 2.05) is 12.1 Å². The van der Waals surface area contributed by atoms with Crippen molar-refractivity contribution in [3.8, 4) is 0 Å². The average molecular weight is 311 g/mol. The number of nitrogens with zero attached hydrogens (tertiary/aromatic N) is 1. The van der Waals surface area contributed by atoms with E-state index in [0.717, 1.165) is 15.3 Å². The molecule has 2 rings (SSSR count). The Morgan fingerprint density at radius 2 is 2.25 bits per heavy atom. The van der Waals surface area contributed by atoms with Crippen molar-refractivity contribution in [1.82, 2.24) is 9.71 Å². The summed E-state index contributed by atoms with van der Waals surface area (Å²) in [5.41, 5.74) is 6.54. The fourth-order valence-electron chi connectivity index (χ4n) is 1.85. The van der Waals surface area contributed by atoms with E-state index in [-0.39, 0.29) is 0 Å². The van der Waals surface area contributed by atoms with Crippen LogP contribution in [0.3, 0.4) is 0 Å². The van der Waals surface area contributed by atoms with E-state index in [9.17, 15) is 8.42 Å².